The lowest BCUT2D eigenvalue weighted by atomic mass is 10.00. The molecule has 1 amide bonds. The fourth-order valence-electron chi connectivity index (χ4n) is 3.38. The molecule has 2 N–H and O–H groups in total. The molecule has 6 heteroatoms. The molecule has 0 radical (unpaired) electrons. The van der Waals surface area contributed by atoms with Gasteiger partial charge < -0.3 is 15.3 Å². The number of carbonyl (C=O) groups is 2. The van der Waals surface area contributed by atoms with Crippen LogP contribution in [0.25, 0.3) is 0 Å². The van der Waals surface area contributed by atoms with Gasteiger partial charge in [0, 0.05) is 18.8 Å². The molecule has 27 heavy (non-hydrogen) atoms. The Morgan fingerprint density at radius 3 is 2.44 bits per heavy atom. The van der Waals surface area contributed by atoms with Gasteiger partial charge in [0.2, 0.25) is 5.91 Å². The van der Waals surface area contributed by atoms with Crippen molar-refractivity contribution >= 4 is 35.9 Å². The Kier molecular flexibility index (Phi) is 6.40. The van der Waals surface area contributed by atoms with Gasteiger partial charge in [0.25, 0.3) is 0 Å². The van der Waals surface area contributed by atoms with E-state index in [0.29, 0.717) is 17.9 Å². The van der Waals surface area contributed by atoms with Crippen LogP contribution in [0, 0.1) is 5.92 Å². The molecule has 1 aliphatic rings. The molecule has 0 saturated carbocycles. The molecule has 2 aromatic carbocycles. The first kappa shape index (κ1) is 19.3. The zero-order valence-electron chi connectivity index (χ0n) is 15.1. The van der Waals surface area contributed by atoms with Gasteiger partial charge in [-0.1, -0.05) is 30.3 Å². The number of carboxylic acids is 1. The van der Waals surface area contributed by atoms with Crippen LogP contribution in [0.2, 0.25) is 0 Å². The number of nitrogens with one attached hydrogen (secondary N) is 1. The largest absolute Gasteiger partial charge is 0.478 e. The summed E-state index contributed by atoms with van der Waals surface area (Å²) < 4.78 is 0. The lowest BCUT2D eigenvalue weighted by Crippen LogP contribution is -2.28. The number of rotatable bonds is 7. The fourth-order valence-corrected chi connectivity index (χ4v) is 3.67. The van der Waals surface area contributed by atoms with Crippen LogP contribution in [0.5, 0.6) is 0 Å². The van der Waals surface area contributed by atoms with E-state index in [0.717, 1.165) is 37.2 Å². The van der Waals surface area contributed by atoms with Gasteiger partial charge >= 0.3 is 5.97 Å². The van der Waals surface area contributed by atoms with Crippen molar-refractivity contribution in [3.05, 3.63) is 59.7 Å². The first-order chi connectivity index (χ1) is 13.1. The summed E-state index contributed by atoms with van der Waals surface area (Å²) in [5, 5.41) is 12.3. The van der Waals surface area contributed by atoms with Gasteiger partial charge in [-0.15, -0.1) is 0 Å². The quantitative estimate of drug-likeness (QED) is 0.637. The number of nitrogens with zero attached hydrogens (tertiary/aromatic N) is 1. The van der Waals surface area contributed by atoms with Crippen molar-refractivity contribution in [3.63, 3.8) is 0 Å². The Labute approximate surface area is 164 Å². The number of thiol groups is 1. The van der Waals surface area contributed by atoms with E-state index < -0.39 is 5.97 Å². The van der Waals surface area contributed by atoms with Gasteiger partial charge in [0.1, 0.15) is 0 Å². The van der Waals surface area contributed by atoms with Crippen molar-refractivity contribution in [1.29, 1.82) is 0 Å². The predicted octanol–water partition coefficient (Wildman–Crippen LogP) is 3.71. The van der Waals surface area contributed by atoms with Crippen molar-refractivity contribution < 1.29 is 14.7 Å². The van der Waals surface area contributed by atoms with Crippen molar-refractivity contribution in [2.75, 3.05) is 29.1 Å². The Bertz CT molecular complexity index is 804. The summed E-state index contributed by atoms with van der Waals surface area (Å²) in [6.07, 6.45) is 2.79. The number of amides is 1. The van der Waals surface area contributed by atoms with Crippen LogP contribution in [0.1, 0.15) is 28.8 Å². The van der Waals surface area contributed by atoms with Crippen LogP contribution >= 0.6 is 12.6 Å². The second kappa shape index (κ2) is 8.95. The zero-order valence-corrected chi connectivity index (χ0v) is 16.0. The van der Waals surface area contributed by atoms with Crippen molar-refractivity contribution in [1.82, 2.24) is 0 Å². The number of anilines is 2. The molecule has 1 unspecified atom stereocenters. The maximum Gasteiger partial charge on any atom is 0.335 e. The Morgan fingerprint density at radius 1 is 1.11 bits per heavy atom. The van der Waals surface area contributed by atoms with Gasteiger partial charge in [-0.25, -0.2) is 4.79 Å². The maximum atomic E-state index is 12.9. The first-order valence-corrected chi connectivity index (χ1v) is 9.79. The molecule has 5 nitrogen and oxygen atoms in total. The average Bonchev–Trinajstić information content (AvgIpc) is 3.21. The number of carbonyl (C=O) groups excluding carboxylic acids is 1. The van der Waals surface area contributed by atoms with Gasteiger partial charge in [-0.3, -0.25) is 4.79 Å². The van der Waals surface area contributed by atoms with Crippen LogP contribution in [0.15, 0.2) is 48.5 Å². The van der Waals surface area contributed by atoms with Crippen LogP contribution in [0.4, 0.5) is 11.4 Å². The van der Waals surface area contributed by atoms with Crippen molar-refractivity contribution in [2.45, 2.75) is 19.3 Å². The third-order valence-electron chi connectivity index (χ3n) is 4.86. The van der Waals surface area contributed by atoms with E-state index in [1.807, 2.05) is 30.3 Å². The summed E-state index contributed by atoms with van der Waals surface area (Å²) in [6.45, 7) is 1.82. The molecule has 3 rings (SSSR count). The smallest absolute Gasteiger partial charge is 0.335 e. The average molecular weight is 385 g/mol. The Morgan fingerprint density at radius 2 is 1.81 bits per heavy atom. The summed E-state index contributed by atoms with van der Waals surface area (Å²) in [4.78, 5) is 26.4. The van der Waals surface area contributed by atoms with Crippen LogP contribution < -0.4 is 10.2 Å². The topological polar surface area (TPSA) is 69.6 Å². The molecule has 1 fully saturated rings. The van der Waals surface area contributed by atoms with E-state index >= 15 is 0 Å². The summed E-state index contributed by atoms with van der Waals surface area (Å²) >= 11 is 4.35. The predicted molar refractivity (Wildman–Crippen MR) is 111 cm³/mol. The summed E-state index contributed by atoms with van der Waals surface area (Å²) in [5.74, 6) is -1.03. The summed E-state index contributed by atoms with van der Waals surface area (Å²) in [5.41, 5.74) is 2.68. The standard InChI is InChI=1S/C21H24N2O3S/c24-20(17(14-27)12-15-6-2-1-3-7-15)22-18-13-16(21(25)26)8-9-19(18)23-10-4-5-11-23/h1-3,6-9,13,17,27H,4-5,10-12,14H2,(H,22,24)(H,25,26). The lowest BCUT2D eigenvalue weighted by molar-refractivity contribution is -0.119. The summed E-state index contributed by atoms with van der Waals surface area (Å²) in [6, 6.07) is 14.7. The zero-order chi connectivity index (χ0) is 19.2. The fraction of sp³-hybridized carbons (Fsp3) is 0.333. The van der Waals surface area contributed by atoms with E-state index in [1.54, 1.807) is 18.2 Å². The number of hydrogen-bond donors (Lipinski definition) is 3. The molecule has 0 aromatic heterocycles. The Hall–Kier alpha value is -2.47. The van der Waals surface area contributed by atoms with Crippen molar-refractivity contribution in [2.24, 2.45) is 5.92 Å². The number of aromatic carboxylic acids is 1. The number of carboxylic acid groups (broad SMARTS) is 1. The molecule has 1 heterocycles. The molecule has 142 valence electrons. The van der Waals surface area contributed by atoms with Gasteiger partial charge in [0.05, 0.1) is 22.9 Å². The second-order valence-electron chi connectivity index (χ2n) is 6.79. The molecule has 0 bridgehead atoms. The van der Waals surface area contributed by atoms with E-state index in [2.05, 4.69) is 22.8 Å². The minimum atomic E-state index is -1.01. The number of hydrogen-bond acceptors (Lipinski definition) is 4. The normalized spacial score (nSPS) is 14.8. The van der Waals surface area contributed by atoms with Gasteiger partial charge in [-0.05, 0) is 43.0 Å². The van der Waals surface area contributed by atoms with Gasteiger partial charge in [-0.2, -0.15) is 12.6 Å². The minimum Gasteiger partial charge on any atom is -0.478 e. The lowest BCUT2D eigenvalue weighted by Gasteiger charge is -2.23. The van der Waals surface area contributed by atoms with Crippen LogP contribution in [0.3, 0.4) is 0 Å². The molecule has 2 aromatic rings. The van der Waals surface area contributed by atoms with E-state index in [9.17, 15) is 14.7 Å². The third-order valence-corrected chi connectivity index (χ3v) is 5.31. The first-order valence-electron chi connectivity index (χ1n) is 9.16. The van der Waals surface area contributed by atoms with E-state index in [-0.39, 0.29) is 17.4 Å². The minimum absolute atomic E-state index is 0.142. The monoisotopic (exact) mass is 384 g/mol. The highest BCUT2D eigenvalue weighted by molar-refractivity contribution is 7.80. The molecule has 1 aliphatic heterocycles. The SMILES string of the molecule is O=C(O)c1ccc(N2CCCC2)c(NC(=O)C(CS)Cc2ccccc2)c1. The summed E-state index contributed by atoms with van der Waals surface area (Å²) in [7, 11) is 0. The highest BCUT2D eigenvalue weighted by atomic mass is 32.1. The molecule has 1 saturated heterocycles. The number of benzene rings is 2. The molecule has 0 aliphatic carbocycles. The van der Waals surface area contributed by atoms with Crippen molar-refractivity contribution in [3.8, 4) is 0 Å². The third kappa shape index (κ3) is 4.83. The van der Waals surface area contributed by atoms with E-state index in [4.69, 9.17) is 0 Å². The van der Waals surface area contributed by atoms with Crippen LogP contribution in [-0.2, 0) is 11.2 Å². The maximum absolute atomic E-state index is 12.9. The van der Waals surface area contributed by atoms with Crippen LogP contribution in [-0.4, -0.2) is 35.8 Å². The highest BCUT2D eigenvalue weighted by Gasteiger charge is 2.22. The molecular formula is C21H24N2O3S. The molecular weight excluding hydrogens is 360 g/mol. The van der Waals surface area contributed by atoms with E-state index in [1.165, 1.54) is 0 Å². The second-order valence-corrected chi connectivity index (χ2v) is 7.15. The Balaban J connectivity index is 1.82. The molecule has 1 atom stereocenters. The van der Waals surface area contributed by atoms with Gasteiger partial charge in [0.15, 0.2) is 0 Å². The highest BCUT2D eigenvalue weighted by Crippen LogP contribution is 2.31. The molecule has 0 spiro atoms.